The molecule has 0 aromatic heterocycles. The molecular formula is C22H26N2O5. The molecule has 0 saturated heterocycles. The minimum absolute atomic E-state index is 0.102. The number of esters is 1. The Bertz CT molecular complexity index is 795. The number of alkyl carbamates (subject to hydrolysis) is 1. The molecule has 2 aromatic rings. The first-order valence-corrected chi connectivity index (χ1v) is 9.47. The maximum Gasteiger partial charge on any atom is 0.408 e. The van der Waals surface area contributed by atoms with E-state index in [2.05, 4.69) is 10.6 Å². The van der Waals surface area contributed by atoms with Gasteiger partial charge in [0.15, 0.2) is 0 Å². The molecule has 29 heavy (non-hydrogen) atoms. The fourth-order valence-corrected chi connectivity index (χ4v) is 2.46. The van der Waals surface area contributed by atoms with Crippen LogP contribution in [0.15, 0.2) is 60.7 Å². The zero-order chi connectivity index (χ0) is 21.1. The van der Waals surface area contributed by atoms with Gasteiger partial charge in [-0.15, -0.1) is 0 Å². The molecule has 0 saturated carbocycles. The molecule has 0 spiro atoms. The number of carbonyl (C=O) groups is 3. The monoisotopic (exact) mass is 398 g/mol. The van der Waals surface area contributed by atoms with Crippen molar-refractivity contribution in [3.63, 3.8) is 0 Å². The summed E-state index contributed by atoms with van der Waals surface area (Å²) in [7, 11) is 0. The average molecular weight is 398 g/mol. The zero-order valence-corrected chi connectivity index (χ0v) is 16.6. The standard InChI is InChI=1S/C22H26N2O5/c1-3-19(21(26)28-14-17-10-6-4-7-11-17)24-20(25)16(2)23-22(27)29-15-18-12-8-5-9-13-18/h4-13,16,19H,3,14-15H2,1-2H3,(H,23,27)(H,24,25)/t16-,19-/m1/s1. The van der Waals surface area contributed by atoms with E-state index >= 15 is 0 Å². The Morgan fingerprint density at radius 2 is 1.34 bits per heavy atom. The summed E-state index contributed by atoms with van der Waals surface area (Å²) in [4.78, 5) is 36.4. The van der Waals surface area contributed by atoms with Crippen LogP contribution in [0, 0.1) is 0 Å². The second-order valence-electron chi connectivity index (χ2n) is 6.49. The van der Waals surface area contributed by atoms with E-state index in [-0.39, 0.29) is 13.2 Å². The number of hydrogen-bond acceptors (Lipinski definition) is 5. The third-order valence-electron chi connectivity index (χ3n) is 4.17. The Morgan fingerprint density at radius 1 is 0.828 bits per heavy atom. The second kappa shape index (κ2) is 11.5. The van der Waals surface area contributed by atoms with Crippen molar-refractivity contribution in [2.45, 2.75) is 45.6 Å². The highest BCUT2D eigenvalue weighted by Gasteiger charge is 2.24. The van der Waals surface area contributed by atoms with E-state index in [9.17, 15) is 14.4 Å². The lowest BCUT2D eigenvalue weighted by atomic mass is 10.2. The molecule has 7 heteroatoms. The van der Waals surface area contributed by atoms with E-state index < -0.39 is 30.1 Å². The summed E-state index contributed by atoms with van der Waals surface area (Å²) in [6, 6.07) is 16.8. The van der Waals surface area contributed by atoms with Gasteiger partial charge in [-0.1, -0.05) is 67.6 Å². The predicted molar refractivity (Wildman–Crippen MR) is 108 cm³/mol. The number of ether oxygens (including phenoxy) is 2. The predicted octanol–water partition coefficient (Wildman–Crippen LogP) is 2.94. The van der Waals surface area contributed by atoms with E-state index in [4.69, 9.17) is 9.47 Å². The van der Waals surface area contributed by atoms with Gasteiger partial charge in [-0.2, -0.15) is 0 Å². The van der Waals surface area contributed by atoms with Crippen LogP contribution >= 0.6 is 0 Å². The van der Waals surface area contributed by atoms with Crippen LogP contribution in [0.25, 0.3) is 0 Å². The highest BCUT2D eigenvalue weighted by molar-refractivity contribution is 5.89. The fraction of sp³-hybridized carbons (Fsp3) is 0.318. The number of rotatable bonds is 9. The molecule has 2 atom stereocenters. The van der Waals surface area contributed by atoms with Crippen LogP contribution in [0.2, 0.25) is 0 Å². The third-order valence-corrected chi connectivity index (χ3v) is 4.17. The van der Waals surface area contributed by atoms with Gasteiger partial charge < -0.3 is 20.1 Å². The Balaban J connectivity index is 1.76. The first-order valence-electron chi connectivity index (χ1n) is 9.47. The number of amides is 2. The first-order chi connectivity index (χ1) is 14.0. The molecule has 0 unspecified atom stereocenters. The molecule has 2 aromatic carbocycles. The Labute approximate surface area is 170 Å². The summed E-state index contributed by atoms with van der Waals surface area (Å²) in [5, 5.41) is 5.05. The van der Waals surface area contributed by atoms with Crippen molar-refractivity contribution in [1.82, 2.24) is 10.6 Å². The van der Waals surface area contributed by atoms with Crippen molar-refractivity contribution in [2.24, 2.45) is 0 Å². The van der Waals surface area contributed by atoms with Gasteiger partial charge in [-0.3, -0.25) is 4.79 Å². The summed E-state index contributed by atoms with van der Waals surface area (Å²) >= 11 is 0. The van der Waals surface area contributed by atoms with E-state index in [1.165, 1.54) is 6.92 Å². The van der Waals surface area contributed by atoms with Gasteiger partial charge in [-0.05, 0) is 24.5 Å². The van der Waals surface area contributed by atoms with Gasteiger partial charge >= 0.3 is 12.1 Å². The van der Waals surface area contributed by atoms with Crippen molar-refractivity contribution in [1.29, 1.82) is 0 Å². The van der Waals surface area contributed by atoms with Gasteiger partial charge in [0, 0.05) is 0 Å². The number of nitrogens with one attached hydrogen (secondary N) is 2. The summed E-state index contributed by atoms with van der Waals surface area (Å²) in [5.74, 6) is -1.02. The molecule has 7 nitrogen and oxygen atoms in total. The lowest BCUT2D eigenvalue weighted by Gasteiger charge is -2.19. The quantitative estimate of drug-likeness (QED) is 0.634. The van der Waals surface area contributed by atoms with Gasteiger partial charge in [0.05, 0.1) is 0 Å². The van der Waals surface area contributed by atoms with E-state index in [0.29, 0.717) is 6.42 Å². The first kappa shape index (κ1) is 21.9. The second-order valence-corrected chi connectivity index (χ2v) is 6.49. The highest BCUT2D eigenvalue weighted by Crippen LogP contribution is 2.04. The molecule has 0 aliphatic carbocycles. The SMILES string of the molecule is CC[C@@H](NC(=O)[C@@H](C)NC(=O)OCc1ccccc1)C(=O)OCc1ccccc1. The molecule has 154 valence electrons. The zero-order valence-electron chi connectivity index (χ0n) is 16.6. The van der Waals surface area contributed by atoms with Gasteiger partial charge in [-0.25, -0.2) is 9.59 Å². The minimum atomic E-state index is -0.866. The summed E-state index contributed by atoms with van der Waals surface area (Å²) in [6.07, 6.45) is -0.346. The largest absolute Gasteiger partial charge is 0.459 e. The highest BCUT2D eigenvalue weighted by atomic mass is 16.5. The van der Waals surface area contributed by atoms with Gasteiger partial charge in [0.1, 0.15) is 25.3 Å². The number of carbonyl (C=O) groups excluding carboxylic acids is 3. The van der Waals surface area contributed by atoms with Crippen LogP contribution in [0.3, 0.4) is 0 Å². The van der Waals surface area contributed by atoms with Gasteiger partial charge in [0.2, 0.25) is 5.91 Å². The molecule has 0 aliphatic heterocycles. The van der Waals surface area contributed by atoms with Crippen LogP contribution in [0.5, 0.6) is 0 Å². The van der Waals surface area contributed by atoms with Crippen molar-refractivity contribution < 1.29 is 23.9 Å². The van der Waals surface area contributed by atoms with Crippen molar-refractivity contribution in [2.75, 3.05) is 0 Å². The van der Waals surface area contributed by atoms with Gasteiger partial charge in [0.25, 0.3) is 0 Å². The Kier molecular flexibility index (Phi) is 8.69. The smallest absolute Gasteiger partial charge is 0.408 e. The van der Waals surface area contributed by atoms with Crippen LogP contribution in [-0.2, 0) is 32.3 Å². The molecule has 0 fully saturated rings. The van der Waals surface area contributed by atoms with Crippen molar-refractivity contribution >= 4 is 18.0 Å². The topological polar surface area (TPSA) is 93.7 Å². The average Bonchev–Trinajstić information content (AvgIpc) is 2.75. The normalized spacial score (nSPS) is 12.3. The lowest BCUT2D eigenvalue weighted by Crippen LogP contribution is -2.50. The molecule has 2 rings (SSSR count). The van der Waals surface area contributed by atoms with E-state index in [1.54, 1.807) is 6.92 Å². The maximum atomic E-state index is 12.3. The molecule has 2 amide bonds. The molecule has 0 heterocycles. The molecule has 0 bridgehead atoms. The van der Waals surface area contributed by atoms with Crippen LogP contribution in [-0.4, -0.2) is 30.1 Å². The van der Waals surface area contributed by atoms with Crippen molar-refractivity contribution in [3.8, 4) is 0 Å². The van der Waals surface area contributed by atoms with E-state index in [1.807, 2.05) is 60.7 Å². The minimum Gasteiger partial charge on any atom is -0.459 e. The lowest BCUT2D eigenvalue weighted by molar-refractivity contribution is -0.149. The number of benzene rings is 2. The van der Waals surface area contributed by atoms with Crippen LogP contribution in [0.1, 0.15) is 31.4 Å². The summed E-state index contributed by atoms with van der Waals surface area (Å²) in [5.41, 5.74) is 1.70. The third kappa shape index (κ3) is 7.65. The summed E-state index contributed by atoms with van der Waals surface area (Å²) < 4.78 is 10.4. The summed E-state index contributed by atoms with van der Waals surface area (Å²) in [6.45, 7) is 3.51. The van der Waals surface area contributed by atoms with Crippen molar-refractivity contribution in [3.05, 3.63) is 71.8 Å². The fourth-order valence-electron chi connectivity index (χ4n) is 2.46. The maximum absolute atomic E-state index is 12.3. The van der Waals surface area contributed by atoms with Crippen LogP contribution in [0.4, 0.5) is 4.79 Å². The number of hydrogen-bond donors (Lipinski definition) is 2. The molecule has 0 aliphatic rings. The Hall–Kier alpha value is -3.35. The Morgan fingerprint density at radius 3 is 1.86 bits per heavy atom. The molecular weight excluding hydrogens is 372 g/mol. The van der Waals surface area contributed by atoms with E-state index in [0.717, 1.165) is 11.1 Å². The molecule has 0 radical (unpaired) electrons. The molecule has 2 N–H and O–H groups in total. The van der Waals surface area contributed by atoms with Crippen LogP contribution < -0.4 is 10.6 Å².